The number of nitrogens with one attached hydrogen (secondary N) is 1. The molecule has 0 bridgehead atoms. The zero-order valence-electron chi connectivity index (χ0n) is 14.6. The molecule has 25 heavy (non-hydrogen) atoms. The number of hydrogen-bond donors (Lipinski definition) is 1. The minimum absolute atomic E-state index is 0.00788. The van der Waals surface area contributed by atoms with Gasteiger partial charge in [0.05, 0.1) is 6.04 Å². The Bertz CT molecular complexity index is 804. The fourth-order valence-electron chi connectivity index (χ4n) is 3.06. The molecule has 0 fully saturated rings. The zero-order chi connectivity index (χ0) is 17.8. The lowest BCUT2D eigenvalue weighted by molar-refractivity contribution is -0.122. The maximum Gasteiger partial charge on any atom is 0.254 e. The van der Waals surface area contributed by atoms with E-state index in [2.05, 4.69) is 22.4 Å². The van der Waals surface area contributed by atoms with Gasteiger partial charge in [-0.1, -0.05) is 42.1 Å². The van der Waals surface area contributed by atoms with E-state index in [-0.39, 0.29) is 23.6 Å². The van der Waals surface area contributed by atoms with E-state index in [9.17, 15) is 9.59 Å². The minimum atomic E-state index is -0.109. The normalized spacial score (nSPS) is 17.1. The Labute approximate surface area is 151 Å². The third-order valence-corrected chi connectivity index (χ3v) is 5.45. The van der Waals surface area contributed by atoms with Crippen LogP contribution in [0, 0.1) is 6.92 Å². The highest BCUT2D eigenvalue weighted by Gasteiger charge is 2.27. The molecule has 1 aliphatic rings. The summed E-state index contributed by atoms with van der Waals surface area (Å²) in [5.74, 6) is 0.712. The van der Waals surface area contributed by atoms with Gasteiger partial charge >= 0.3 is 0 Å². The Morgan fingerprint density at radius 1 is 1.40 bits per heavy atom. The van der Waals surface area contributed by atoms with Crippen molar-refractivity contribution in [3.8, 4) is 0 Å². The van der Waals surface area contributed by atoms with Gasteiger partial charge in [0.1, 0.15) is 0 Å². The summed E-state index contributed by atoms with van der Waals surface area (Å²) in [7, 11) is 0. The number of carbonyl (C=O) groups excluding carboxylic acids is 1. The van der Waals surface area contributed by atoms with Gasteiger partial charge in [0.15, 0.2) is 5.16 Å². The van der Waals surface area contributed by atoms with Crippen molar-refractivity contribution in [2.75, 3.05) is 5.75 Å². The number of thioether (sulfide) groups is 1. The first kappa shape index (κ1) is 17.7. The van der Waals surface area contributed by atoms with E-state index in [1.165, 1.54) is 11.6 Å². The van der Waals surface area contributed by atoms with Crippen LogP contribution in [0.3, 0.4) is 0 Å². The van der Waals surface area contributed by atoms with Gasteiger partial charge in [0, 0.05) is 30.0 Å². The summed E-state index contributed by atoms with van der Waals surface area (Å²) in [6, 6.07) is 11.8. The van der Waals surface area contributed by atoms with E-state index in [0.717, 1.165) is 29.4 Å². The second kappa shape index (κ2) is 7.87. The molecule has 2 atom stereocenters. The highest BCUT2D eigenvalue weighted by atomic mass is 32.2. The van der Waals surface area contributed by atoms with Crippen LogP contribution in [0.4, 0.5) is 0 Å². The highest BCUT2D eigenvalue weighted by Crippen LogP contribution is 2.31. The number of rotatable bonds is 6. The molecule has 0 saturated carbocycles. The molecular formula is C19H23N3O2S. The molecular weight excluding hydrogens is 334 g/mol. The van der Waals surface area contributed by atoms with Crippen molar-refractivity contribution in [2.45, 2.75) is 50.4 Å². The molecule has 1 aliphatic heterocycles. The van der Waals surface area contributed by atoms with E-state index in [0.29, 0.717) is 6.42 Å². The first-order valence-corrected chi connectivity index (χ1v) is 9.58. The summed E-state index contributed by atoms with van der Waals surface area (Å²) in [6.07, 6.45) is 2.15. The number of aromatic nitrogens is 2. The SMILES string of the molecule is Cc1cc(=O)n2c(n1)SCC2CC(=O)NC(C)CCc1ccccc1. The summed E-state index contributed by atoms with van der Waals surface area (Å²) in [5.41, 5.74) is 1.93. The van der Waals surface area contributed by atoms with Crippen LogP contribution in [0.25, 0.3) is 0 Å². The number of hydrogen-bond acceptors (Lipinski definition) is 4. The van der Waals surface area contributed by atoms with E-state index in [1.54, 1.807) is 16.3 Å². The quantitative estimate of drug-likeness (QED) is 0.808. The largest absolute Gasteiger partial charge is 0.354 e. The average molecular weight is 357 g/mol. The number of carbonyl (C=O) groups is 1. The second-order valence-electron chi connectivity index (χ2n) is 6.55. The molecule has 5 nitrogen and oxygen atoms in total. The van der Waals surface area contributed by atoms with Crippen molar-refractivity contribution in [3.63, 3.8) is 0 Å². The van der Waals surface area contributed by atoms with Crippen molar-refractivity contribution in [1.82, 2.24) is 14.9 Å². The Morgan fingerprint density at radius 2 is 2.16 bits per heavy atom. The molecule has 0 radical (unpaired) electrons. The minimum Gasteiger partial charge on any atom is -0.354 e. The smallest absolute Gasteiger partial charge is 0.254 e. The van der Waals surface area contributed by atoms with Crippen LogP contribution in [0.1, 0.15) is 37.1 Å². The molecule has 6 heteroatoms. The summed E-state index contributed by atoms with van der Waals surface area (Å²) in [6.45, 7) is 3.84. The van der Waals surface area contributed by atoms with Gasteiger partial charge in [-0.25, -0.2) is 4.98 Å². The lowest BCUT2D eigenvalue weighted by atomic mass is 10.1. The van der Waals surface area contributed by atoms with Gasteiger partial charge in [-0.05, 0) is 32.3 Å². The molecule has 0 aliphatic carbocycles. The Balaban J connectivity index is 1.53. The van der Waals surface area contributed by atoms with E-state index < -0.39 is 0 Å². The van der Waals surface area contributed by atoms with E-state index >= 15 is 0 Å². The molecule has 2 heterocycles. The molecule has 1 amide bonds. The first-order valence-electron chi connectivity index (χ1n) is 8.59. The van der Waals surface area contributed by atoms with Crippen LogP contribution < -0.4 is 10.9 Å². The number of fused-ring (bicyclic) bond motifs is 1. The fourth-order valence-corrected chi connectivity index (χ4v) is 4.26. The number of aryl methyl sites for hydroxylation is 2. The van der Waals surface area contributed by atoms with Crippen molar-refractivity contribution < 1.29 is 4.79 Å². The van der Waals surface area contributed by atoms with Crippen molar-refractivity contribution in [3.05, 3.63) is 58.0 Å². The summed E-state index contributed by atoms with van der Waals surface area (Å²) >= 11 is 1.54. The van der Waals surface area contributed by atoms with Crippen LogP contribution >= 0.6 is 11.8 Å². The second-order valence-corrected chi connectivity index (χ2v) is 7.54. The van der Waals surface area contributed by atoms with E-state index in [4.69, 9.17) is 0 Å². The van der Waals surface area contributed by atoms with E-state index in [1.807, 2.05) is 32.0 Å². The molecule has 2 unspecified atom stereocenters. The van der Waals surface area contributed by atoms with Crippen LogP contribution in [-0.2, 0) is 11.2 Å². The summed E-state index contributed by atoms with van der Waals surface area (Å²) in [5, 5.41) is 3.78. The third-order valence-electron chi connectivity index (χ3n) is 4.36. The number of nitrogens with zero attached hydrogens (tertiary/aromatic N) is 2. The first-order chi connectivity index (χ1) is 12.0. The number of benzene rings is 1. The Hall–Kier alpha value is -2.08. The maximum atomic E-state index is 12.4. The van der Waals surface area contributed by atoms with Gasteiger partial charge in [0.2, 0.25) is 5.91 Å². The molecule has 0 saturated heterocycles. The highest BCUT2D eigenvalue weighted by molar-refractivity contribution is 7.99. The molecule has 3 rings (SSSR count). The molecule has 2 aromatic rings. The van der Waals surface area contributed by atoms with Gasteiger partial charge < -0.3 is 5.32 Å². The van der Waals surface area contributed by atoms with Gasteiger partial charge in [-0.2, -0.15) is 0 Å². The topological polar surface area (TPSA) is 64.0 Å². The van der Waals surface area contributed by atoms with Gasteiger partial charge in [0.25, 0.3) is 5.56 Å². The van der Waals surface area contributed by atoms with Crippen LogP contribution in [-0.4, -0.2) is 27.3 Å². The maximum absolute atomic E-state index is 12.4. The predicted octanol–water partition coefficient (Wildman–Crippen LogP) is 2.73. The monoisotopic (exact) mass is 357 g/mol. The molecule has 1 aromatic heterocycles. The lowest BCUT2D eigenvalue weighted by Crippen LogP contribution is -2.35. The average Bonchev–Trinajstić information content (AvgIpc) is 2.96. The van der Waals surface area contributed by atoms with Crippen LogP contribution in [0.15, 0.2) is 46.3 Å². The molecule has 1 aromatic carbocycles. The van der Waals surface area contributed by atoms with Gasteiger partial charge in [-0.3, -0.25) is 14.2 Å². The summed E-state index contributed by atoms with van der Waals surface area (Å²) in [4.78, 5) is 28.9. The summed E-state index contributed by atoms with van der Waals surface area (Å²) < 4.78 is 1.66. The van der Waals surface area contributed by atoms with Crippen LogP contribution in [0.2, 0.25) is 0 Å². The van der Waals surface area contributed by atoms with Crippen molar-refractivity contribution >= 4 is 17.7 Å². The molecule has 1 N–H and O–H groups in total. The van der Waals surface area contributed by atoms with Crippen molar-refractivity contribution in [1.29, 1.82) is 0 Å². The fraction of sp³-hybridized carbons (Fsp3) is 0.421. The Morgan fingerprint density at radius 3 is 2.92 bits per heavy atom. The lowest BCUT2D eigenvalue weighted by Gasteiger charge is -2.17. The Kier molecular flexibility index (Phi) is 5.58. The molecule has 0 spiro atoms. The van der Waals surface area contributed by atoms with Crippen LogP contribution in [0.5, 0.6) is 0 Å². The number of amides is 1. The van der Waals surface area contributed by atoms with Crippen molar-refractivity contribution in [2.24, 2.45) is 0 Å². The third kappa shape index (κ3) is 4.51. The standard InChI is InChI=1S/C19H23N3O2S/c1-13(8-9-15-6-4-3-5-7-15)20-17(23)11-16-12-25-19-21-14(2)10-18(24)22(16)19/h3-7,10,13,16H,8-9,11-12H2,1-2H3,(H,20,23). The predicted molar refractivity (Wildman–Crippen MR) is 100.0 cm³/mol. The zero-order valence-corrected chi connectivity index (χ0v) is 15.4. The van der Waals surface area contributed by atoms with Gasteiger partial charge in [-0.15, -0.1) is 0 Å². The molecule has 132 valence electrons.